The van der Waals surface area contributed by atoms with E-state index in [0.717, 1.165) is 29.8 Å². The van der Waals surface area contributed by atoms with Crippen molar-refractivity contribution in [1.29, 1.82) is 0 Å². The minimum atomic E-state index is 0.557. The Morgan fingerprint density at radius 2 is 1.81 bits per heavy atom. The molecule has 1 saturated carbocycles. The molecule has 3 rings (SSSR count). The van der Waals surface area contributed by atoms with Gasteiger partial charge in [-0.2, -0.15) is 0 Å². The summed E-state index contributed by atoms with van der Waals surface area (Å²) in [5, 5.41) is 4.49. The van der Waals surface area contributed by atoms with E-state index >= 15 is 0 Å². The van der Waals surface area contributed by atoms with Gasteiger partial charge in [0.25, 0.3) is 0 Å². The summed E-state index contributed by atoms with van der Waals surface area (Å²) in [7, 11) is 0. The smallest absolute Gasteiger partial charge is 0.0406 e. The zero-order chi connectivity index (χ0) is 14.7. The molecular weight excluding hydrogens is 278 g/mol. The summed E-state index contributed by atoms with van der Waals surface area (Å²) in [6.45, 7) is 3.21. The summed E-state index contributed by atoms with van der Waals surface area (Å²) < 4.78 is 0. The minimum Gasteiger partial charge on any atom is -0.314 e. The largest absolute Gasteiger partial charge is 0.314 e. The van der Waals surface area contributed by atoms with E-state index in [1.165, 1.54) is 17.5 Å². The zero-order valence-electron chi connectivity index (χ0n) is 12.4. The molecule has 0 amide bonds. The van der Waals surface area contributed by atoms with E-state index in [9.17, 15) is 0 Å². The van der Waals surface area contributed by atoms with Gasteiger partial charge >= 0.3 is 0 Å². The predicted octanol–water partition coefficient (Wildman–Crippen LogP) is 4.66. The maximum Gasteiger partial charge on any atom is 0.0406 e. The molecule has 2 aromatic carbocycles. The van der Waals surface area contributed by atoms with Crippen LogP contribution in [0, 0.1) is 5.92 Å². The normalized spacial score (nSPS) is 22.0. The van der Waals surface area contributed by atoms with Gasteiger partial charge in [-0.15, -0.1) is 0 Å². The van der Waals surface area contributed by atoms with Crippen molar-refractivity contribution < 1.29 is 0 Å². The highest BCUT2D eigenvalue weighted by atomic mass is 35.5. The topological polar surface area (TPSA) is 12.0 Å². The molecule has 3 unspecified atom stereocenters. The second-order valence-corrected chi connectivity index (χ2v) is 6.35. The van der Waals surface area contributed by atoms with Crippen LogP contribution in [0.25, 0.3) is 0 Å². The van der Waals surface area contributed by atoms with Crippen molar-refractivity contribution in [3.63, 3.8) is 0 Å². The summed E-state index contributed by atoms with van der Waals surface area (Å²) in [4.78, 5) is 0. The Morgan fingerprint density at radius 3 is 2.48 bits per heavy atom. The third-order valence-electron chi connectivity index (χ3n) is 4.42. The lowest BCUT2D eigenvalue weighted by atomic mass is 9.99. The Bertz CT molecular complexity index is 564. The lowest BCUT2D eigenvalue weighted by Gasteiger charge is -2.18. The second kappa shape index (κ2) is 6.64. The van der Waals surface area contributed by atoms with Gasteiger partial charge in [0.15, 0.2) is 0 Å². The van der Waals surface area contributed by atoms with Gasteiger partial charge in [0, 0.05) is 11.1 Å². The maximum atomic E-state index is 5.97. The fourth-order valence-corrected chi connectivity index (χ4v) is 3.38. The van der Waals surface area contributed by atoms with Crippen molar-refractivity contribution in [2.75, 3.05) is 6.54 Å². The maximum absolute atomic E-state index is 5.97. The molecule has 3 atom stereocenters. The minimum absolute atomic E-state index is 0.557. The van der Waals surface area contributed by atoms with E-state index in [0.29, 0.717) is 6.04 Å². The first-order valence-electron chi connectivity index (χ1n) is 7.80. The van der Waals surface area contributed by atoms with E-state index in [4.69, 9.17) is 11.6 Å². The molecule has 0 aliphatic heterocycles. The van der Waals surface area contributed by atoms with Crippen molar-refractivity contribution in [2.45, 2.75) is 31.7 Å². The molecule has 1 aliphatic rings. The summed E-state index contributed by atoms with van der Waals surface area (Å²) in [5.41, 5.74) is 2.85. The summed E-state index contributed by atoms with van der Waals surface area (Å²) >= 11 is 5.97. The van der Waals surface area contributed by atoms with Gasteiger partial charge in [-0.1, -0.05) is 61.0 Å². The predicted molar refractivity (Wildman–Crippen MR) is 89.9 cm³/mol. The van der Waals surface area contributed by atoms with Gasteiger partial charge in [-0.25, -0.2) is 0 Å². The lowest BCUT2D eigenvalue weighted by Crippen LogP contribution is -2.33. The third kappa shape index (κ3) is 3.66. The van der Waals surface area contributed by atoms with Gasteiger partial charge in [0.05, 0.1) is 0 Å². The Morgan fingerprint density at radius 1 is 1.10 bits per heavy atom. The summed E-state index contributed by atoms with van der Waals surface area (Å²) in [5.74, 6) is 1.48. The van der Waals surface area contributed by atoms with Crippen molar-refractivity contribution in [3.05, 3.63) is 70.7 Å². The number of nitrogens with one attached hydrogen (secondary N) is 1. The van der Waals surface area contributed by atoms with Crippen LogP contribution in [0.5, 0.6) is 0 Å². The highest BCUT2D eigenvalue weighted by molar-refractivity contribution is 6.30. The van der Waals surface area contributed by atoms with Crippen LogP contribution in [0.3, 0.4) is 0 Å². The Balaban J connectivity index is 1.67. The molecule has 0 heterocycles. The molecule has 2 aromatic rings. The van der Waals surface area contributed by atoms with Crippen LogP contribution in [-0.4, -0.2) is 12.6 Å². The number of halogens is 1. The zero-order valence-corrected chi connectivity index (χ0v) is 13.2. The van der Waals surface area contributed by atoms with Crippen molar-refractivity contribution in [3.8, 4) is 0 Å². The summed E-state index contributed by atoms with van der Waals surface area (Å²) in [6, 6.07) is 19.7. The number of benzene rings is 2. The van der Waals surface area contributed by atoms with E-state index < -0.39 is 0 Å². The third-order valence-corrected chi connectivity index (χ3v) is 4.67. The summed E-state index contributed by atoms with van der Waals surface area (Å²) in [6.07, 6.45) is 2.38. The molecule has 0 spiro atoms. The quantitative estimate of drug-likeness (QED) is 0.818. The van der Waals surface area contributed by atoms with Crippen LogP contribution >= 0.6 is 11.6 Å². The van der Waals surface area contributed by atoms with Crippen LogP contribution in [0.1, 0.15) is 30.4 Å². The van der Waals surface area contributed by atoms with Crippen molar-refractivity contribution in [1.82, 2.24) is 5.32 Å². The lowest BCUT2D eigenvalue weighted by molar-refractivity contribution is 0.464. The fraction of sp³-hybridized carbons (Fsp3) is 0.368. The Labute approximate surface area is 132 Å². The number of rotatable bonds is 6. The monoisotopic (exact) mass is 299 g/mol. The molecule has 2 heteroatoms. The van der Waals surface area contributed by atoms with E-state index in [-0.39, 0.29) is 0 Å². The molecular formula is C19H22ClN. The Kier molecular flexibility index (Phi) is 4.62. The van der Waals surface area contributed by atoms with Crippen LogP contribution in [0.2, 0.25) is 5.02 Å². The molecule has 0 radical (unpaired) electrons. The van der Waals surface area contributed by atoms with Crippen LogP contribution in [-0.2, 0) is 6.42 Å². The van der Waals surface area contributed by atoms with Crippen LogP contribution in [0.4, 0.5) is 0 Å². The van der Waals surface area contributed by atoms with Crippen molar-refractivity contribution in [2.24, 2.45) is 5.92 Å². The van der Waals surface area contributed by atoms with Crippen LogP contribution < -0.4 is 5.32 Å². The first kappa shape index (κ1) is 14.6. The van der Waals surface area contributed by atoms with Crippen molar-refractivity contribution >= 4 is 11.6 Å². The highest BCUT2D eigenvalue weighted by Crippen LogP contribution is 2.50. The van der Waals surface area contributed by atoms with Crippen LogP contribution in [0.15, 0.2) is 54.6 Å². The van der Waals surface area contributed by atoms with E-state index in [1.807, 2.05) is 12.1 Å². The number of likely N-dealkylation sites (N-methyl/N-ethyl adjacent to an activating group) is 1. The SMILES string of the molecule is CCNC(Cc1ccc(Cl)cc1)C1CC1c1ccccc1. The molecule has 0 bridgehead atoms. The molecule has 1 fully saturated rings. The van der Waals surface area contributed by atoms with Gasteiger partial charge in [0.1, 0.15) is 0 Å². The first-order valence-corrected chi connectivity index (χ1v) is 8.18. The van der Waals surface area contributed by atoms with Gasteiger partial charge in [0.2, 0.25) is 0 Å². The number of hydrogen-bond donors (Lipinski definition) is 1. The molecule has 110 valence electrons. The van der Waals surface area contributed by atoms with Gasteiger partial charge in [-0.05, 0) is 54.5 Å². The molecule has 1 N–H and O–H groups in total. The average Bonchev–Trinajstić information content (AvgIpc) is 3.30. The molecule has 1 nitrogen and oxygen atoms in total. The molecule has 1 aliphatic carbocycles. The van der Waals surface area contributed by atoms with E-state index in [2.05, 4.69) is 54.7 Å². The fourth-order valence-electron chi connectivity index (χ4n) is 3.25. The number of hydrogen-bond acceptors (Lipinski definition) is 1. The first-order chi connectivity index (χ1) is 10.3. The van der Waals surface area contributed by atoms with E-state index in [1.54, 1.807) is 0 Å². The average molecular weight is 300 g/mol. The molecule has 21 heavy (non-hydrogen) atoms. The standard InChI is InChI=1S/C19H22ClN/c1-2-21-19(12-14-8-10-16(20)11-9-14)18-13-17(18)15-6-4-3-5-7-15/h3-11,17-19,21H,2,12-13H2,1H3. The highest BCUT2D eigenvalue weighted by Gasteiger charge is 2.43. The van der Waals surface area contributed by atoms with Gasteiger partial charge in [-0.3, -0.25) is 0 Å². The molecule has 0 aromatic heterocycles. The molecule has 0 saturated heterocycles. The van der Waals surface area contributed by atoms with Gasteiger partial charge < -0.3 is 5.32 Å². The second-order valence-electron chi connectivity index (χ2n) is 5.91. The Hall–Kier alpha value is -1.31.